The van der Waals surface area contributed by atoms with Crippen LogP contribution in [0.15, 0.2) is 58.3 Å². The lowest BCUT2D eigenvalue weighted by atomic mass is 10.1. The summed E-state index contributed by atoms with van der Waals surface area (Å²) in [6.07, 6.45) is -3.79. The molecular weight excluding hydrogens is 395 g/mol. The van der Waals surface area contributed by atoms with E-state index in [9.17, 15) is 30.0 Å². The third-order valence-corrected chi connectivity index (χ3v) is 5.81. The number of sulfonamides is 1. The summed E-state index contributed by atoms with van der Waals surface area (Å²) in [5, 5.41) is 0. The number of hydrogen-bond donors (Lipinski definition) is 1. The van der Waals surface area contributed by atoms with Crippen LogP contribution >= 0.6 is 0 Å². The summed E-state index contributed by atoms with van der Waals surface area (Å²) in [6, 6.07) is 9.32. The number of alkyl halides is 3. The molecule has 0 saturated carbocycles. The van der Waals surface area contributed by atoms with Gasteiger partial charge in [-0.25, -0.2) is 16.8 Å². The molecule has 0 amide bonds. The predicted octanol–water partition coefficient (Wildman–Crippen LogP) is 2.52. The van der Waals surface area contributed by atoms with Crippen molar-refractivity contribution in [2.75, 3.05) is 6.26 Å². The van der Waals surface area contributed by atoms with Gasteiger partial charge < -0.3 is 0 Å². The normalized spacial score (nSPS) is 12.9. The molecule has 0 aliphatic rings. The Labute approximate surface area is 148 Å². The molecule has 0 radical (unpaired) electrons. The summed E-state index contributed by atoms with van der Waals surface area (Å²) >= 11 is 0. The Kier molecular flexibility index (Phi) is 5.76. The van der Waals surface area contributed by atoms with E-state index in [1.165, 1.54) is 24.3 Å². The highest BCUT2D eigenvalue weighted by Gasteiger charge is 2.33. The number of hydrogen-bond acceptors (Lipinski definition) is 5. The molecule has 6 nitrogen and oxygen atoms in total. The summed E-state index contributed by atoms with van der Waals surface area (Å²) < 4.78 is 86.6. The van der Waals surface area contributed by atoms with Gasteiger partial charge in [0.15, 0.2) is 9.84 Å². The molecule has 26 heavy (non-hydrogen) atoms. The Morgan fingerprint density at radius 2 is 1.46 bits per heavy atom. The van der Waals surface area contributed by atoms with Gasteiger partial charge in [-0.3, -0.25) is 4.84 Å². The number of benzene rings is 2. The first-order chi connectivity index (χ1) is 11.9. The molecule has 2 aromatic carbocycles. The van der Waals surface area contributed by atoms with Crippen LogP contribution in [-0.4, -0.2) is 23.1 Å². The lowest BCUT2D eigenvalue weighted by Gasteiger charge is -2.14. The van der Waals surface area contributed by atoms with E-state index in [1.54, 1.807) is 4.89 Å². The number of halogens is 3. The number of nitrogens with one attached hydrogen (secondary N) is 1. The highest BCUT2D eigenvalue weighted by molar-refractivity contribution is 7.93. The average molecular weight is 409 g/mol. The molecule has 0 spiro atoms. The minimum Gasteiger partial charge on any atom is -0.282 e. The third kappa shape index (κ3) is 4.81. The van der Waals surface area contributed by atoms with E-state index in [-0.39, 0.29) is 5.56 Å². The SMILES string of the molecule is CS(=O)(=O)c1ccccc1S(=O)(=O)NOCc1ccccc1C(F)(F)F. The monoisotopic (exact) mass is 409 g/mol. The lowest BCUT2D eigenvalue weighted by molar-refractivity contribution is -0.139. The molecule has 0 bridgehead atoms. The minimum absolute atomic E-state index is 0.279. The van der Waals surface area contributed by atoms with Crippen LogP contribution in [0.25, 0.3) is 0 Å². The smallest absolute Gasteiger partial charge is 0.282 e. The van der Waals surface area contributed by atoms with Crippen molar-refractivity contribution in [1.82, 2.24) is 4.89 Å². The van der Waals surface area contributed by atoms with Crippen molar-refractivity contribution in [3.8, 4) is 0 Å². The van der Waals surface area contributed by atoms with Gasteiger partial charge in [0.2, 0.25) is 0 Å². The summed E-state index contributed by atoms with van der Waals surface area (Å²) in [6.45, 7) is -0.698. The van der Waals surface area contributed by atoms with Gasteiger partial charge in [-0.15, -0.1) is 0 Å². The maximum atomic E-state index is 12.9. The zero-order chi connectivity index (χ0) is 19.6. The average Bonchev–Trinajstić information content (AvgIpc) is 2.53. The van der Waals surface area contributed by atoms with E-state index in [1.807, 2.05) is 0 Å². The van der Waals surface area contributed by atoms with E-state index >= 15 is 0 Å². The maximum absolute atomic E-state index is 12.9. The van der Waals surface area contributed by atoms with Crippen molar-refractivity contribution in [2.45, 2.75) is 22.6 Å². The van der Waals surface area contributed by atoms with Crippen LogP contribution in [0.3, 0.4) is 0 Å². The molecule has 0 saturated heterocycles. The van der Waals surface area contributed by atoms with E-state index < -0.39 is 48.0 Å². The van der Waals surface area contributed by atoms with Gasteiger partial charge in [-0.05, 0) is 23.8 Å². The first-order valence-electron chi connectivity index (χ1n) is 7.01. The summed E-state index contributed by atoms with van der Waals surface area (Å²) in [7, 11) is -8.27. The Morgan fingerprint density at radius 1 is 0.923 bits per heavy atom. The fourth-order valence-electron chi connectivity index (χ4n) is 2.13. The van der Waals surface area contributed by atoms with Crippen molar-refractivity contribution in [3.63, 3.8) is 0 Å². The molecule has 2 aromatic rings. The van der Waals surface area contributed by atoms with Gasteiger partial charge in [0.1, 0.15) is 4.90 Å². The lowest BCUT2D eigenvalue weighted by Crippen LogP contribution is -2.26. The molecule has 0 aliphatic carbocycles. The van der Waals surface area contributed by atoms with Crippen molar-refractivity contribution in [1.29, 1.82) is 0 Å². The van der Waals surface area contributed by atoms with E-state index in [2.05, 4.69) is 0 Å². The second-order valence-electron chi connectivity index (χ2n) is 5.25. The highest BCUT2D eigenvalue weighted by Crippen LogP contribution is 2.32. The van der Waals surface area contributed by atoms with Gasteiger partial charge >= 0.3 is 6.18 Å². The second kappa shape index (κ2) is 7.35. The molecule has 1 N–H and O–H groups in total. The molecule has 11 heteroatoms. The van der Waals surface area contributed by atoms with Crippen LogP contribution in [0, 0.1) is 0 Å². The van der Waals surface area contributed by atoms with Crippen LogP contribution in [0.5, 0.6) is 0 Å². The van der Waals surface area contributed by atoms with E-state index in [4.69, 9.17) is 4.84 Å². The standard InChI is InChI=1S/C15H14F3NO5S2/c1-25(20,21)13-8-4-5-9-14(13)26(22,23)19-24-10-11-6-2-3-7-12(11)15(16,17)18/h2-9,19H,10H2,1H3. The Bertz CT molecular complexity index is 1000. The zero-order valence-electron chi connectivity index (χ0n) is 13.3. The minimum atomic E-state index is -4.62. The highest BCUT2D eigenvalue weighted by atomic mass is 32.2. The third-order valence-electron chi connectivity index (χ3n) is 3.26. The summed E-state index contributed by atoms with van der Waals surface area (Å²) in [5.41, 5.74) is -1.24. The Hall–Kier alpha value is -1.95. The summed E-state index contributed by atoms with van der Waals surface area (Å²) in [5.74, 6) is 0. The van der Waals surface area contributed by atoms with Crippen LogP contribution < -0.4 is 4.89 Å². The Balaban J connectivity index is 2.22. The zero-order valence-corrected chi connectivity index (χ0v) is 15.0. The molecule has 0 fully saturated rings. The predicted molar refractivity (Wildman–Crippen MR) is 86.1 cm³/mol. The number of rotatable bonds is 6. The maximum Gasteiger partial charge on any atom is 0.416 e. The van der Waals surface area contributed by atoms with Gasteiger partial charge in [0.05, 0.1) is 17.1 Å². The van der Waals surface area contributed by atoms with Gasteiger partial charge in [0.25, 0.3) is 10.0 Å². The van der Waals surface area contributed by atoms with Gasteiger partial charge in [-0.1, -0.05) is 35.2 Å². The molecule has 0 unspecified atom stereocenters. The van der Waals surface area contributed by atoms with E-state index in [0.717, 1.165) is 30.5 Å². The molecule has 0 aliphatic heterocycles. The largest absolute Gasteiger partial charge is 0.416 e. The molecule has 2 rings (SSSR count). The molecular formula is C15H14F3NO5S2. The molecule has 142 valence electrons. The molecule has 0 aromatic heterocycles. The van der Waals surface area contributed by atoms with E-state index in [0.29, 0.717) is 0 Å². The van der Waals surface area contributed by atoms with Crippen LogP contribution in [-0.2, 0) is 37.5 Å². The van der Waals surface area contributed by atoms with Crippen LogP contribution in [0.2, 0.25) is 0 Å². The molecule has 0 atom stereocenters. The quantitative estimate of drug-likeness (QED) is 0.741. The van der Waals surface area contributed by atoms with Crippen molar-refractivity contribution >= 4 is 19.9 Å². The topological polar surface area (TPSA) is 89.5 Å². The number of sulfone groups is 1. The first-order valence-corrected chi connectivity index (χ1v) is 10.4. The van der Waals surface area contributed by atoms with Gasteiger partial charge in [0, 0.05) is 6.26 Å². The Morgan fingerprint density at radius 3 is 2.04 bits per heavy atom. The second-order valence-corrected chi connectivity index (χ2v) is 8.85. The van der Waals surface area contributed by atoms with Crippen molar-refractivity contribution in [2.24, 2.45) is 0 Å². The van der Waals surface area contributed by atoms with Crippen LogP contribution in [0.4, 0.5) is 13.2 Å². The fraction of sp³-hybridized carbons (Fsp3) is 0.200. The van der Waals surface area contributed by atoms with Crippen LogP contribution in [0.1, 0.15) is 11.1 Å². The van der Waals surface area contributed by atoms with Crippen molar-refractivity contribution < 1.29 is 34.8 Å². The van der Waals surface area contributed by atoms with Crippen molar-refractivity contribution in [3.05, 3.63) is 59.7 Å². The summed E-state index contributed by atoms with van der Waals surface area (Å²) in [4.78, 5) is 5.35. The molecule has 0 heterocycles. The first kappa shape index (κ1) is 20.4. The fourth-order valence-corrected chi connectivity index (χ4v) is 4.57. The van der Waals surface area contributed by atoms with Gasteiger partial charge in [-0.2, -0.15) is 13.2 Å².